The summed E-state index contributed by atoms with van der Waals surface area (Å²) >= 11 is 0. The first kappa shape index (κ1) is 10.6. The number of tetrazole rings is 1. The molecule has 0 aliphatic rings. The maximum Gasteiger partial charge on any atom is 0.180 e. The van der Waals surface area contributed by atoms with E-state index >= 15 is 0 Å². The van der Waals surface area contributed by atoms with E-state index in [1.807, 2.05) is 24.3 Å². The van der Waals surface area contributed by atoms with Gasteiger partial charge in [0.05, 0.1) is 12.1 Å². The highest BCUT2D eigenvalue weighted by molar-refractivity contribution is 5.85. The van der Waals surface area contributed by atoms with Gasteiger partial charge < -0.3 is 4.52 Å². The van der Waals surface area contributed by atoms with Gasteiger partial charge in [-0.15, -0.1) is 22.6 Å². The molecule has 82 valence electrons. The van der Waals surface area contributed by atoms with E-state index in [0.717, 1.165) is 16.7 Å². The number of nitrogens with one attached hydrogen (secondary N) is 1. The SMILES string of the molecule is Cl.c1ccc2c(Cc3nn[nH]n3)noc2c1. The van der Waals surface area contributed by atoms with Crippen molar-refractivity contribution in [3.63, 3.8) is 0 Å². The van der Waals surface area contributed by atoms with E-state index in [1.165, 1.54) is 0 Å². The quantitative estimate of drug-likeness (QED) is 0.728. The van der Waals surface area contributed by atoms with Crippen molar-refractivity contribution in [3.8, 4) is 0 Å². The van der Waals surface area contributed by atoms with Gasteiger partial charge in [-0.2, -0.15) is 5.21 Å². The van der Waals surface area contributed by atoms with Crippen LogP contribution in [0.15, 0.2) is 28.8 Å². The summed E-state index contributed by atoms with van der Waals surface area (Å²) in [5.41, 5.74) is 1.60. The van der Waals surface area contributed by atoms with Crippen molar-refractivity contribution in [1.29, 1.82) is 0 Å². The zero-order valence-corrected chi connectivity index (χ0v) is 8.94. The summed E-state index contributed by atoms with van der Waals surface area (Å²) in [5, 5.41) is 18.6. The Morgan fingerprint density at radius 3 is 2.94 bits per heavy atom. The molecule has 0 aliphatic carbocycles. The van der Waals surface area contributed by atoms with Crippen LogP contribution in [0.4, 0.5) is 0 Å². The van der Waals surface area contributed by atoms with Crippen molar-refractivity contribution in [2.45, 2.75) is 6.42 Å². The van der Waals surface area contributed by atoms with Gasteiger partial charge in [-0.25, -0.2) is 0 Å². The van der Waals surface area contributed by atoms with Crippen LogP contribution in [0, 0.1) is 0 Å². The molecule has 16 heavy (non-hydrogen) atoms. The number of hydrogen-bond donors (Lipinski definition) is 1. The maximum absolute atomic E-state index is 5.16. The zero-order chi connectivity index (χ0) is 10.1. The van der Waals surface area contributed by atoms with Gasteiger partial charge in [-0.1, -0.05) is 22.5 Å². The van der Waals surface area contributed by atoms with Crippen molar-refractivity contribution >= 4 is 23.4 Å². The number of rotatable bonds is 2. The lowest BCUT2D eigenvalue weighted by Gasteiger charge is -1.89. The van der Waals surface area contributed by atoms with Crippen LogP contribution < -0.4 is 0 Å². The van der Waals surface area contributed by atoms with Crippen LogP contribution in [0.3, 0.4) is 0 Å². The molecule has 0 saturated heterocycles. The number of H-pyrrole nitrogens is 1. The van der Waals surface area contributed by atoms with E-state index in [-0.39, 0.29) is 12.4 Å². The Bertz CT molecular complexity index is 576. The lowest BCUT2D eigenvalue weighted by atomic mass is 10.2. The second-order valence-corrected chi connectivity index (χ2v) is 3.13. The Morgan fingerprint density at radius 1 is 1.25 bits per heavy atom. The maximum atomic E-state index is 5.16. The first-order valence-corrected chi connectivity index (χ1v) is 4.49. The molecule has 0 spiro atoms. The third kappa shape index (κ3) is 1.74. The molecule has 0 bridgehead atoms. The Morgan fingerprint density at radius 2 is 2.12 bits per heavy atom. The van der Waals surface area contributed by atoms with Gasteiger partial charge in [0.25, 0.3) is 0 Å². The summed E-state index contributed by atoms with van der Waals surface area (Å²) in [7, 11) is 0. The molecule has 2 aromatic heterocycles. The minimum atomic E-state index is 0. The Hall–Kier alpha value is -1.95. The molecule has 0 unspecified atom stereocenters. The van der Waals surface area contributed by atoms with Gasteiger partial charge in [0, 0.05) is 5.39 Å². The van der Waals surface area contributed by atoms with E-state index in [0.29, 0.717) is 12.2 Å². The largest absolute Gasteiger partial charge is 0.356 e. The van der Waals surface area contributed by atoms with Crippen LogP contribution in [-0.4, -0.2) is 25.8 Å². The fraction of sp³-hybridized carbons (Fsp3) is 0.111. The third-order valence-electron chi connectivity index (χ3n) is 2.17. The van der Waals surface area contributed by atoms with E-state index in [2.05, 4.69) is 25.8 Å². The zero-order valence-electron chi connectivity index (χ0n) is 8.12. The van der Waals surface area contributed by atoms with Gasteiger partial charge in [0.1, 0.15) is 0 Å². The molecular weight excluding hydrogens is 230 g/mol. The van der Waals surface area contributed by atoms with Crippen molar-refractivity contribution in [1.82, 2.24) is 25.8 Å². The standard InChI is InChI=1S/C9H7N5O.ClH/c1-2-4-8-6(3-1)7(12-15-8)5-9-10-13-14-11-9;/h1-4H,5H2,(H,10,11,13,14);1H. The molecule has 3 aromatic rings. The highest BCUT2D eigenvalue weighted by atomic mass is 35.5. The number of aromatic nitrogens is 5. The monoisotopic (exact) mass is 237 g/mol. The predicted octanol–water partition coefficient (Wildman–Crippen LogP) is 1.35. The first-order chi connectivity index (χ1) is 7.43. The van der Waals surface area contributed by atoms with E-state index in [4.69, 9.17) is 4.52 Å². The Kier molecular flexibility index (Phi) is 2.82. The molecule has 3 rings (SSSR count). The molecule has 0 saturated carbocycles. The molecule has 0 amide bonds. The van der Waals surface area contributed by atoms with E-state index in [1.54, 1.807) is 0 Å². The minimum Gasteiger partial charge on any atom is -0.356 e. The van der Waals surface area contributed by atoms with Crippen molar-refractivity contribution in [2.24, 2.45) is 0 Å². The molecule has 1 aromatic carbocycles. The Labute approximate surface area is 96.4 Å². The highest BCUT2D eigenvalue weighted by Gasteiger charge is 2.09. The molecule has 0 aliphatic heterocycles. The first-order valence-electron chi connectivity index (χ1n) is 4.49. The topological polar surface area (TPSA) is 80.5 Å². The highest BCUT2D eigenvalue weighted by Crippen LogP contribution is 2.18. The molecule has 1 N–H and O–H groups in total. The number of aromatic amines is 1. The van der Waals surface area contributed by atoms with E-state index in [9.17, 15) is 0 Å². The Balaban J connectivity index is 0.000000963. The molecule has 0 radical (unpaired) electrons. The van der Waals surface area contributed by atoms with E-state index < -0.39 is 0 Å². The van der Waals surface area contributed by atoms with Crippen LogP contribution in [-0.2, 0) is 6.42 Å². The van der Waals surface area contributed by atoms with Gasteiger partial charge >= 0.3 is 0 Å². The molecule has 2 heterocycles. The lowest BCUT2D eigenvalue weighted by molar-refractivity contribution is 0.447. The summed E-state index contributed by atoms with van der Waals surface area (Å²) in [5.74, 6) is 0.606. The summed E-state index contributed by atoms with van der Waals surface area (Å²) in [6, 6.07) is 7.69. The van der Waals surface area contributed by atoms with Crippen LogP contribution in [0.2, 0.25) is 0 Å². The number of fused-ring (bicyclic) bond motifs is 1. The predicted molar refractivity (Wildman–Crippen MR) is 58.2 cm³/mol. The summed E-state index contributed by atoms with van der Waals surface area (Å²) in [4.78, 5) is 0. The molecule has 7 heteroatoms. The van der Waals surface area contributed by atoms with Crippen LogP contribution in [0.1, 0.15) is 11.5 Å². The normalized spacial score (nSPS) is 10.2. The van der Waals surface area contributed by atoms with Gasteiger partial charge in [-0.05, 0) is 12.1 Å². The number of para-hydroxylation sites is 1. The average Bonchev–Trinajstić information content (AvgIpc) is 2.89. The number of hydrogen-bond acceptors (Lipinski definition) is 5. The fourth-order valence-electron chi connectivity index (χ4n) is 1.47. The smallest absolute Gasteiger partial charge is 0.180 e. The van der Waals surface area contributed by atoms with Gasteiger partial charge in [-0.3, -0.25) is 0 Å². The number of nitrogens with zero attached hydrogens (tertiary/aromatic N) is 4. The molecular formula is C9H8ClN5O. The summed E-state index contributed by atoms with van der Waals surface area (Å²) in [6.07, 6.45) is 0.521. The van der Waals surface area contributed by atoms with Crippen LogP contribution in [0.25, 0.3) is 11.0 Å². The number of halogens is 1. The fourth-order valence-corrected chi connectivity index (χ4v) is 1.47. The lowest BCUT2D eigenvalue weighted by Crippen LogP contribution is -1.91. The van der Waals surface area contributed by atoms with Gasteiger partial charge in [0.2, 0.25) is 0 Å². The third-order valence-corrected chi connectivity index (χ3v) is 2.17. The molecule has 0 fully saturated rings. The van der Waals surface area contributed by atoms with Crippen LogP contribution >= 0.6 is 12.4 Å². The summed E-state index contributed by atoms with van der Waals surface area (Å²) < 4.78 is 5.16. The molecule has 6 nitrogen and oxygen atoms in total. The second kappa shape index (κ2) is 4.28. The van der Waals surface area contributed by atoms with Crippen LogP contribution in [0.5, 0.6) is 0 Å². The van der Waals surface area contributed by atoms with Crippen molar-refractivity contribution in [2.75, 3.05) is 0 Å². The van der Waals surface area contributed by atoms with Gasteiger partial charge in [0.15, 0.2) is 11.4 Å². The second-order valence-electron chi connectivity index (χ2n) is 3.13. The van der Waals surface area contributed by atoms with Crippen molar-refractivity contribution in [3.05, 3.63) is 35.8 Å². The molecule has 0 atom stereocenters. The number of benzene rings is 1. The average molecular weight is 238 g/mol. The minimum absolute atomic E-state index is 0. The van der Waals surface area contributed by atoms with Crippen molar-refractivity contribution < 1.29 is 4.52 Å². The summed E-state index contributed by atoms with van der Waals surface area (Å²) in [6.45, 7) is 0.